The van der Waals surface area contributed by atoms with Gasteiger partial charge in [-0.05, 0) is 5.56 Å². The number of nitrogens with one attached hydrogen (secondary N) is 1. The van der Waals surface area contributed by atoms with Crippen molar-refractivity contribution in [2.24, 2.45) is 0 Å². The first-order valence-corrected chi connectivity index (χ1v) is 7.57. The summed E-state index contributed by atoms with van der Waals surface area (Å²) in [6.07, 6.45) is 3.82. The van der Waals surface area contributed by atoms with Gasteiger partial charge in [-0.3, -0.25) is 0 Å². The number of pyridine rings is 1. The lowest BCUT2D eigenvalue weighted by Gasteiger charge is -2.08. The number of benzene rings is 1. The summed E-state index contributed by atoms with van der Waals surface area (Å²) < 4.78 is 30.7. The van der Waals surface area contributed by atoms with Gasteiger partial charge in [0.05, 0.1) is 15.9 Å². The summed E-state index contributed by atoms with van der Waals surface area (Å²) in [5.41, 5.74) is 1.75. The largest absolute Gasteiger partial charge is 0.748 e. The molecule has 0 spiro atoms. The lowest BCUT2D eigenvalue weighted by atomic mass is 10.2. The normalized spacial score (nSPS) is 10.3. The molecule has 0 saturated heterocycles. The molecule has 0 atom stereocenters. The van der Waals surface area contributed by atoms with Gasteiger partial charge in [0.15, 0.2) is 12.4 Å². The van der Waals surface area contributed by atoms with Crippen LogP contribution in [0.1, 0.15) is 5.56 Å². The third-order valence-electron chi connectivity index (χ3n) is 2.40. The highest BCUT2D eigenvalue weighted by Gasteiger charge is 1.96. The molecular weight excluding hydrogens is 276 g/mol. The number of hydrogen-bond donors (Lipinski definition) is 0. The van der Waals surface area contributed by atoms with E-state index in [0.29, 0.717) is 5.56 Å². The van der Waals surface area contributed by atoms with E-state index in [-0.39, 0.29) is 0 Å². The second-order valence-corrected chi connectivity index (χ2v) is 5.74. The van der Waals surface area contributed by atoms with Crippen molar-refractivity contribution in [3.63, 3.8) is 0 Å². The van der Waals surface area contributed by atoms with Crippen molar-refractivity contribution in [3.8, 4) is 0 Å². The van der Waals surface area contributed by atoms with Gasteiger partial charge in [-0.15, -0.1) is 0 Å². The topological polar surface area (TPSA) is 74.6 Å². The van der Waals surface area contributed by atoms with E-state index >= 15 is 0 Å². The minimum Gasteiger partial charge on any atom is -0.748 e. The van der Waals surface area contributed by atoms with Crippen molar-refractivity contribution in [1.82, 2.24) is 0 Å². The number of aromatic amines is 1. The van der Waals surface area contributed by atoms with Crippen LogP contribution in [0.5, 0.6) is 0 Å². The van der Waals surface area contributed by atoms with Gasteiger partial charge in [-0.25, -0.2) is 13.4 Å². The minimum atomic E-state index is -4.13. The van der Waals surface area contributed by atoms with Crippen molar-refractivity contribution in [1.29, 1.82) is 0 Å². The predicted molar refractivity (Wildman–Crippen MR) is 77.2 cm³/mol. The molecule has 1 aromatic carbocycles. The van der Waals surface area contributed by atoms with Crippen molar-refractivity contribution >= 4 is 15.8 Å². The third-order valence-corrected chi connectivity index (χ3v) is 3.09. The molecule has 2 aromatic rings. The van der Waals surface area contributed by atoms with E-state index in [1.165, 1.54) is 5.69 Å². The van der Waals surface area contributed by atoms with Crippen LogP contribution in [0.4, 0.5) is 5.69 Å². The Kier molecular flexibility index (Phi) is 6.14. The Morgan fingerprint density at radius 1 is 1.05 bits per heavy atom. The number of rotatable bonds is 3. The van der Waals surface area contributed by atoms with E-state index < -0.39 is 15.9 Å². The molecule has 1 heterocycles. The van der Waals surface area contributed by atoms with Gasteiger partial charge >= 0.3 is 0 Å². The fourth-order valence-electron chi connectivity index (χ4n) is 1.45. The number of anilines is 1. The lowest BCUT2D eigenvalue weighted by molar-refractivity contribution is -0.377. The van der Waals surface area contributed by atoms with E-state index in [1.807, 2.05) is 38.6 Å². The minimum absolute atomic E-state index is 0.423. The smallest absolute Gasteiger partial charge is 0.169 e. The molecule has 0 unspecified atom stereocenters. The highest BCUT2D eigenvalue weighted by Crippen LogP contribution is 2.04. The Morgan fingerprint density at radius 2 is 1.60 bits per heavy atom. The van der Waals surface area contributed by atoms with E-state index in [4.69, 9.17) is 0 Å². The summed E-state index contributed by atoms with van der Waals surface area (Å²) in [7, 11) is -0.0809. The maximum Gasteiger partial charge on any atom is 0.169 e. The van der Waals surface area contributed by atoms with Crippen LogP contribution >= 0.6 is 0 Å². The number of hydrogen-bond acceptors (Lipinski definition) is 4. The molecule has 0 fully saturated rings. The van der Waals surface area contributed by atoms with Crippen LogP contribution in [0.25, 0.3) is 0 Å². The van der Waals surface area contributed by atoms with E-state index in [2.05, 4.69) is 9.88 Å². The third kappa shape index (κ3) is 6.86. The van der Waals surface area contributed by atoms with Crippen LogP contribution in [0.3, 0.4) is 0 Å². The second kappa shape index (κ2) is 7.62. The molecule has 0 radical (unpaired) electrons. The molecule has 1 aromatic heterocycles. The first-order valence-electron chi connectivity index (χ1n) is 5.99. The molecule has 0 aliphatic carbocycles. The summed E-state index contributed by atoms with van der Waals surface area (Å²) in [5.74, 6) is -0.423. The van der Waals surface area contributed by atoms with Gasteiger partial charge in [0.2, 0.25) is 0 Å². The molecule has 0 bridgehead atoms. The van der Waals surface area contributed by atoms with Gasteiger partial charge in [0, 0.05) is 31.9 Å². The molecule has 20 heavy (non-hydrogen) atoms. The van der Waals surface area contributed by atoms with Crippen LogP contribution in [-0.4, -0.2) is 27.1 Å². The van der Waals surface area contributed by atoms with Gasteiger partial charge in [-0.1, -0.05) is 30.3 Å². The maximum atomic E-state index is 10.2. The average Bonchev–Trinajstić information content (AvgIpc) is 2.40. The van der Waals surface area contributed by atoms with E-state index in [1.54, 1.807) is 30.3 Å². The molecule has 108 valence electrons. The molecule has 5 nitrogen and oxygen atoms in total. The highest BCUT2D eigenvalue weighted by molar-refractivity contribution is 7.84. The Balaban J connectivity index is 0.000000204. The second-order valence-electron chi connectivity index (χ2n) is 4.34. The molecule has 0 saturated carbocycles. The Hall–Kier alpha value is -1.92. The molecule has 0 aliphatic heterocycles. The van der Waals surface area contributed by atoms with Crippen LogP contribution in [0.15, 0.2) is 54.9 Å². The van der Waals surface area contributed by atoms with Crippen LogP contribution in [0.2, 0.25) is 0 Å². The molecule has 0 amide bonds. The average molecular weight is 294 g/mol. The zero-order chi connectivity index (χ0) is 15.0. The molecule has 2 rings (SSSR count). The monoisotopic (exact) mass is 294 g/mol. The van der Waals surface area contributed by atoms with E-state index in [0.717, 1.165) is 0 Å². The number of aromatic nitrogens is 1. The first kappa shape index (κ1) is 16.1. The highest BCUT2D eigenvalue weighted by atomic mass is 32.2. The van der Waals surface area contributed by atoms with Crippen LogP contribution in [-0.2, 0) is 15.9 Å². The number of H-pyrrole nitrogens is 1. The summed E-state index contributed by atoms with van der Waals surface area (Å²) in [6.45, 7) is 0. The Bertz CT molecular complexity index is 599. The molecule has 6 heteroatoms. The standard InChI is InChI=1S/C7H10N2.C7H8O3S/c1-9(2)7-3-5-8-6-4-7;8-11(9,10)6-7-4-2-1-3-5-7/h3-6H,1-2H3;1-5H,6H2,(H,8,9,10). The Morgan fingerprint density at radius 3 is 2.00 bits per heavy atom. The fourth-order valence-corrected chi connectivity index (χ4v) is 2.06. The number of nitrogens with zero attached hydrogens (tertiary/aromatic N) is 1. The van der Waals surface area contributed by atoms with Gasteiger partial charge < -0.3 is 9.45 Å². The van der Waals surface area contributed by atoms with Crippen LogP contribution < -0.4 is 9.88 Å². The zero-order valence-electron chi connectivity index (χ0n) is 11.5. The van der Waals surface area contributed by atoms with Crippen molar-refractivity contribution in [2.75, 3.05) is 19.0 Å². The Labute approximate surface area is 119 Å². The van der Waals surface area contributed by atoms with Crippen molar-refractivity contribution in [2.45, 2.75) is 5.75 Å². The zero-order valence-corrected chi connectivity index (χ0v) is 12.3. The van der Waals surface area contributed by atoms with Crippen molar-refractivity contribution in [3.05, 3.63) is 60.4 Å². The SMILES string of the molecule is CN(C)c1cc[nH+]cc1.O=S(=O)([O-])Cc1ccccc1. The fraction of sp³-hybridized carbons (Fsp3) is 0.214. The summed E-state index contributed by atoms with van der Waals surface area (Å²) in [5, 5.41) is 0. The van der Waals surface area contributed by atoms with Gasteiger partial charge in [0.25, 0.3) is 0 Å². The maximum absolute atomic E-state index is 10.2. The summed E-state index contributed by atoms with van der Waals surface area (Å²) >= 11 is 0. The van der Waals surface area contributed by atoms with Gasteiger partial charge in [0.1, 0.15) is 0 Å². The first-order chi connectivity index (χ1) is 9.38. The van der Waals surface area contributed by atoms with Crippen LogP contribution in [0, 0.1) is 0 Å². The predicted octanol–water partition coefficient (Wildman–Crippen LogP) is 1.30. The summed E-state index contributed by atoms with van der Waals surface area (Å²) in [6, 6.07) is 12.4. The molecule has 0 aliphatic rings. The molecule has 1 N–H and O–H groups in total. The lowest BCUT2D eigenvalue weighted by Crippen LogP contribution is -2.10. The quantitative estimate of drug-likeness (QED) is 0.800. The summed E-state index contributed by atoms with van der Waals surface area (Å²) in [4.78, 5) is 5.02. The van der Waals surface area contributed by atoms with Crippen molar-refractivity contribution < 1.29 is 18.0 Å². The molecular formula is C14H18N2O3S. The van der Waals surface area contributed by atoms with E-state index in [9.17, 15) is 13.0 Å². The van der Waals surface area contributed by atoms with Gasteiger partial charge in [-0.2, -0.15) is 0 Å².